The summed E-state index contributed by atoms with van der Waals surface area (Å²) >= 11 is 1.53. The van der Waals surface area contributed by atoms with Crippen molar-refractivity contribution in [2.45, 2.75) is 49.7 Å². The molecule has 1 fully saturated rings. The lowest BCUT2D eigenvalue weighted by Gasteiger charge is -2.45. The molecule has 0 aliphatic carbocycles. The minimum absolute atomic E-state index is 0.104. The molecule has 0 aromatic carbocycles. The molecule has 0 aromatic heterocycles. The predicted octanol–water partition coefficient (Wildman–Crippen LogP) is 1.68. The molecule has 0 spiro atoms. The second-order valence-corrected chi connectivity index (χ2v) is 8.06. The quantitative estimate of drug-likeness (QED) is 0.782. The van der Waals surface area contributed by atoms with Crippen molar-refractivity contribution >= 4 is 28.5 Å². The molecular weight excluding hydrogens is 272 g/mol. The third-order valence-electron chi connectivity index (χ3n) is 3.26. The molecule has 1 N–H and O–H groups in total. The second-order valence-electron chi connectivity index (χ2n) is 4.61. The first kappa shape index (κ1) is 16.0. The number of esters is 1. The highest BCUT2D eigenvalue weighted by Crippen LogP contribution is 2.47. The average Bonchev–Trinajstić information content (AvgIpc) is 2.29. The molecule has 1 heterocycles. The summed E-state index contributed by atoms with van der Waals surface area (Å²) in [7, 11) is -1.12. The zero-order chi connectivity index (χ0) is 13.8. The number of rotatable bonds is 5. The van der Waals surface area contributed by atoms with Crippen molar-refractivity contribution in [1.29, 1.82) is 0 Å². The van der Waals surface area contributed by atoms with Gasteiger partial charge in [0.1, 0.15) is 4.08 Å². The monoisotopic (exact) mass is 294 g/mol. The number of hydrogen-bond donors (Lipinski definition) is 1. The van der Waals surface area contributed by atoms with Crippen LogP contribution in [-0.4, -0.2) is 43.1 Å². The van der Waals surface area contributed by atoms with Crippen LogP contribution in [0.2, 0.25) is 0 Å². The van der Waals surface area contributed by atoms with Crippen LogP contribution in [0.15, 0.2) is 0 Å². The summed E-state index contributed by atoms with van der Waals surface area (Å²) in [6.07, 6.45) is 1.37. The summed E-state index contributed by atoms with van der Waals surface area (Å²) < 4.78 is 16.4. The summed E-state index contributed by atoms with van der Waals surface area (Å²) in [5.74, 6) is 1.04. The second kappa shape index (κ2) is 6.39. The SMILES string of the molecule is CCOC(=O)C[C@@](C)(O)[C@@]1(CC)SCCC[S@]1=O. The Balaban J connectivity index is 2.90. The maximum Gasteiger partial charge on any atom is 0.308 e. The van der Waals surface area contributed by atoms with Gasteiger partial charge in [0.2, 0.25) is 0 Å². The van der Waals surface area contributed by atoms with Crippen LogP contribution in [0.5, 0.6) is 0 Å². The van der Waals surface area contributed by atoms with Gasteiger partial charge in [0, 0.05) is 16.6 Å². The first-order chi connectivity index (χ1) is 8.39. The van der Waals surface area contributed by atoms with Gasteiger partial charge in [-0.2, -0.15) is 0 Å². The smallest absolute Gasteiger partial charge is 0.308 e. The van der Waals surface area contributed by atoms with Crippen LogP contribution in [0.1, 0.15) is 40.0 Å². The van der Waals surface area contributed by atoms with Crippen molar-refractivity contribution in [3.05, 3.63) is 0 Å². The molecular formula is C12H22O4S2. The van der Waals surface area contributed by atoms with E-state index in [0.29, 0.717) is 18.8 Å². The number of aliphatic hydroxyl groups is 1. The minimum atomic E-state index is -1.30. The third-order valence-corrected chi connectivity index (χ3v) is 7.98. The molecule has 4 nitrogen and oxygen atoms in total. The Labute approximate surface area is 115 Å². The van der Waals surface area contributed by atoms with Crippen molar-refractivity contribution in [2.75, 3.05) is 18.1 Å². The van der Waals surface area contributed by atoms with Gasteiger partial charge < -0.3 is 9.84 Å². The van der Waals surface area contributed by atoms with E-state index in [1.54, 1.807) is 13.8 Å². The van der Waals surface area contributed by atoms with Gasteiger partial charge in [0.05, 0.1) is 18.6 Å². The number of carbonyl (C=O) groups is 1. The van der Waals surface area contributed by atoms with Gasteiger partial charge >= 0.3 is 5.97 Å². The van der Waals surface area contributed by atoms with E-state index in [0.717, 1.165) is 12.2 Å². The number of carbonyl (C=O) groups excluding carboxylic acids is 1. The highest BCUT2D eigenvalue weighted by molar-refractivity contribution is 8.13. The fraction of sp³-hybridized carbons (Fsp3) is 0.917. The van der Waals surface area contributed by atoms with Gasteiger partial charge in [0.15, 0.2) is 0 Å². The van der Waals surface area contributed by atoms with Crippen LogP contribution in [0.25, 0.3) is 0 Å². The maximum atomic E-state index is 12.3. The molecule has 0 amide bonds. The van der Waals surface area contributed by atoms with Crippen molar-refractivity contribution < 1.29 is 18.8 Å². The average molecular weight is 294 g/mol. The molecule has 0 unspecified atom stereocenters. The van der Waals surface area contributed by atoms with E-state index in [1.807, 2.05) is 6.92 Å². The molecule has 1 aliphatic rings. The minimum Gasteiger partial charge on any atom is -0.466 e. The number of hydrogen-bond acceptors (Lipinski definition) is 5. The summed E-state index contributed by atoms with van der Waals surface area (Å²) in [6.45, 7) is 5.54. The summed E-state index contributed by atoms with van der Waals surface area (Å²) in [6, 6.07) is 0. The van der Waals surface area contributed by atoms with E-state index in [1.165, 1.54) is 11.8 Å². The molecule has 0 radical (unpaired) electrons. The topological polar surface area (TPSA) is 63.6 Å². The van der Waals surface area contributed by atoms with E-state index in [-0.39, 0.29) is 6.42 Å². The fourth-order valence-electron chi connectivity index (χ4n) is 2.33. The Hall–Kier alpha value is -0.0700. The van der Waals surface area contributed by atoms with Crippen LogP contribution in [0.3, 0.4) is 0 Å². The third kappa shape index (κ3) is 3.08. The highest BCUT2D eigenvalue weighted by atomic mass is 32.2. The Morgan fingerprint density at radius 2 is 2.22 bits per heavy atom. The van der Waals surface area contributed by atoms with Crippen LogP contribution in [0.4, 0.5) is 0 Å². The van der Waals surface area contributed by atoms with E-state index in [4.69, 9.17) is 4.74 Å². The van der Waals surface area contributed by atoms with Crippen LogP contribution < -0.4 is 0 Å². The van der Waals surface area contributed by atoms with Crippen LogP contribution >= 0.6 is 11.8 Å². The lowest BCUT2D eigenvalue weighted by molar-refractivity contribution is -0.148. The maximum absolute atomic E-state index is 12.3. The Morgan fingerprint density at radius 1 is 1.56 bits per heavy atom. The summed E-state index contributed by atoms with van der Waals surface area (Å²) in [5.41, 5.74) is -1.30. The standard InChI is InChI=1S/C12H22O4S2/c1-4-12(17-7-6-8-18(12)15)11(3,14)9-10(13)16-5-2/h14H,4-9H2,1-3H3/t11-,12+,18-/m1/s1. The van der Waals surface area contributed by atoms with E-state index in [2.05, 4.69) is 0 Å². The largest absolute Gasteiger partial charge is 0.466 e. The molecule has 1 rings (SSSR count). The predicted molar refractivity (Wildman–Crippen MR) is 75.0 cm³/mol. The Bertz CT molecular complexity index is 330. The van der Waals surface area contributed by atoms with Gasteiger partial charge in [0.25, 0.3) is 0 Å². The molecule has 1 saturated heterocycles. The van der Waals surface area contributed by atoms with Crippen molar-refractivity contribution in [3.63, 3.8) is 0 Å². The number of ether oxygens (including phenoxy) is 1. The van der Waals surface area contributed by atoms with Crippen molar-refractivity contribution in [2.24, 2.45) is 0 Å². The first-order valence-electron chi connectivity index (χ1n) is 6.30. The molecule has 0 aromatic rings. The van der Waals surface area contributed by atoms with E-state index in [9.17, 15) is 14.1 Å². The van der Waals surface area contributed by atoms with Gasteiger partial charge in [-0.1, -0.05) is 6.92 Å². The van der Waals surface area contributed by atoms with E-state index < -0.39 is 26.4 Å². The van der Waals surface area contributed by atoms with Crippen LogP contribution in [0, 0.1) is 0 Å². The normalized spacial score (nSPS) is 31.7. The number of thioether (sulfide) groups is 1. The van der Waals surface area contributed by atoms with Gasteiger partial charge in [-0.05, 0) is 32.4 Å². The first-order valence-corrected chi connectivity index (χ1v) is 8.60. The van der Waals surface area contributed by atoms with Gasteiger partial charge in [-0.3, -0.25) is 9.00 Å². The van der Waals surface area contributed by atoms with Crippen LogP contribution in [-0.2, 0) is 20.3 Å². The molecule has 18 heavy (non-hydrogen) atoms. The summed E-state index contributed by atoms with van der Waals surface area (Å²) in [4.78, 5) is 11.6. The zero-order valence-electron chi connectivity index (χ0n) is 11.2. The molecule has 106 valence electrons. The van der Waals surface area contributed by atoms with Gasteiger partial charge in [-0.15, -0.1) is 11.8 Å². The zero-order valence-corrected chi connectivity index (χ0v) is 12.9. The Kier molecular flexibility index (Phi) is 5.67. The van der Waals surface area contributed by atoms with E-state index >= 15 is 0 Å². The fourth-order valence-corrected chi connectivity index (χ4v) is 6.37. The highest BCUT2D eigenvalue weighted by Gasteiger charge is 2.53. The van der Waals surface area contributed by atoms with Gasteiger partial charge in [-0.25, -0.2) is 0 Å². The van der Waals surface area contributed by atoms with Crippen molar-refractivity contribution in [1.82, 2.24) is 0 Å². The molecule has 0 bridgehead atoms. The molecule has 1 aliphatic heterocycles. The molecule has 0 saturated carbocycles. The Morgan fingerprint density at radius 3 is 2.72 bits per heavy atom. The molecule has 6 heteroatoms. The lowest BCUT2D eigenvalue weighted by atomic mass is 9.95. The molecule has 3 atom stereocenters. The summed E-state index contributed by atoms with van der Waals surface area (Å²) in [5, 5.41) is 10.6. The van der Waals surface area contributed by atoms with Crippen molar-refractivity contribution in [3.8, 4) is 0 Å². The lowest BCUT2D eigenvalue weighted by Crippen LogP contribution is -2.55.